The van der Waals surface area contributed by atoms with Crippen molar-refractivity contribution in [3.05, 3.63) is 33.9 Å². The van der Waals surface area contributed by atoms with E-state index in [0.717, 1.165) is 0 Å². The number of nitro benzene ring substituents is 1. The third-order valence-electron chi connectivity index (χ3n) is 2.99. The number of nitro groups is 1. The van der Waals surface area contributed by atoms with Crippen molar-refractivity contribution >= 4 is 23.3 Å². The number of aliphatic carboxylic acids is 1. The molecule has 0 radical (unpaired) electrons. The van der Waals surface area contributed by atoms with Crippen LogP contribution in [0.3, 0.4) is 0 Å². The zero-order valence-corrected chi connectivity index (χ0v) is 9.88. The molecule has 1 N–H and O–H groups in total. The Morgan fingerprint density at radius 1 is 1.45 bits per heavy atom. The average Bonchev–Trinajstić information content (AvgIpc) is 2.71. The molecule has 1 saturated heterocycles. The topological polar surface area (TPSA) is 101 Å². The van der Waals surface area contributed by atoms with Crippen molar-refractivity contribution in [2.45, 2.75) is 6.42 Å². The highest BCUT2D eigenvalue weighted by atomic mass is 19.1. The maximum absolute atomic E-state index is 13.9. The Labute approximate surface area is 110 Å². The maximum atomic E-state index is 13.9. The fraction of sp³-hybridized carbons (Fsp3) is 0.273. The van der Waals surface area contributed by atoms with Gasteiger partial charge >= 0.3 is 11.7 Å². The second kappa shape index (κ2) is 4.83. The summed E-state index contributed by atoms with van der Waals surface area (Å²) in [4.78, 5) is 32.6. The van der Waals surface area contributed by atoms with Crippen LogP contribution in [0, 0.1) is 27.7 Å². The lowest BCUT2D eigenvalue weighted by molar-refractivity contribution is -0.387. The minimum atomic E-state index is -1.49. The molecule has 1 aliphatic rings. The van der Waals surface area contributed by atoms with E-state index in [1.165, 1.54) is 0 Å². The molecule has 1 aliphatic heterocycles. The van der Waals surface area contributed by atoms with Crippen LogP contribution in [0.15, 0.2) is 12.1 Å². The lowest BCUT2D eigenvalue weighted by Gasteiger charge is -2.17. The van der Waals surface area contributed by atoms with Crippen LogP contribution in [0.25, 0.3) is 0 Å². The largest absolute Gasteiger partial charge is 0.481 e. The van der Waals surface area contributed by atoms with E-state index in [2.05, 4.69) is 0 Å². The Kier molecular flexibility index (Phi) is 3.35. The number of hydrogen-bond acceptors (Lipinski definition) is 4. The van der Waals surface area contributed by atoms with E-state index in [4.69, 9.17) is 5.11 Å². The third-order valence-corrected chi connectivity index (χ3v) is 2.99. The fourth-order valence-electron chi connectivity index (χ4n) is 2.01. The first-order chi connectivity index (χ1) is 9.32. The number of amides is 1. The SMILES string of the molecule is O=C(O)C1CC(=O)N(c2c(F)ccc([N+](=O)[O-])c2F)C1. The predicted molar refractivity (Wildman–Crippen MR) is 61.1 cm³/mol. The van der Waals surface area contributed by atoms with Gasteiger partial charge in [-0.1, -0.05) is 0 Å². The van der Waals surface area contributed by atoms with E-state index in [9.17, 15) is 28.5 Å². The van der Waals surface area contributed by atoms with Crippen molar-refractivity contribution in [1.29, 1.82) is 0 Å². The summed E-state index contributed by atoms with van der Waals surface area (Å²) in [5.74, 6) is -5.81. The quantitative estimate of drug-likeness (QED) is 0.667. The summed E-state index contributed by atoms with van der Waals surface area (Å²) in [6.45, 7) is -0.427. The fourth-order valence-corrected chi connectivity index (χ4v) is 2.01. The molecule has 1 aromatic carbocycles. The van der Waals surface area contributed by atoms with Gasteiger partial charge in [0.1, 0.15) is 11.5 Å². The number of benzene rings is 1. The normalized spacial score (nSPS) is 18.4. The minimum absolute atomic E-state index is 0.406. The molecule has 1 unspecified atom stereocenters. The zero-order valence-electron chi connectivity index (χ0n) is 9.88. The number of nitrogens with zero attached hydrogens (tertiary/aromatic N) is 2. The second-order valence-corrected chi connectivity index (χ2v) is 4.23. The molecular formula is C11H8F2N2O5. The Bertz CT molecular complexity index is 619. The molecule has 20 heavy (non-hydrogen) atoms. The number of carbonyl (C=O) groups excluding carboxylic acids is 1. The van der Waals surface area contributed by atoms with Crippen LogP contribution in [0.2, 0.25) is 0 Å². The third kappa shape index (κ3) is 2.17. The molecule has 9 heteroatoms. The van der Waals surface area contributed by atoms with Gasteiger partial charge in [0.15, 0.2) is 0 Å². The zero-order chi connectivity index (χ0) is 15.0. The summed E-state index contributed by atoms with van der Waals surface area (Å²) >= 11 is 0. The van der Waals surface area contributed by atoms with Crippen LogP contribution >= 0.6 is 0 Å². The lowest BCUT2D eigenvalue weighted by Crippen LogP contribution is -2.28. The Morgan fingerprint density at radius 3 is 2.60 bits per heavy atom. The van der Waals surface area contributed by atoms with E-state index >= 15 is 0 Å². The van der Waals surface area contributed by atoms with Gasteiger partial charge in [-0.2, -0.15) is 4.39 Å². The van der Waals surface area contributed by atoms with Gasteiger partial charge in [0.2, 0.25) is 11.7 Å². The molecule has 106 valence electrons. The number of anilines is 1. The van der Waals surface area contributed by atoms with Crippen LogP contribution < -0.4 is 4.90 Å². The Morgan fingerprint density at radius 2 is 2.10 bits per heavy atom. The minimum Gasteiger partial charge on any atom is -0.481 e. The predicted octanol–water partition coefficient (Wildman–Crippen LogP) is 1.31. The molecule has 0 aromatic heterocycles. The van der Waals surface area contributed by atoms with Gasteiger partial charge in [0.05, 0.1) is 10.8 Å². The highest BCUT2D eigenvalue weighted by Gasteiger charge is 2.39. The number of hydrogen-bond donors (Lipinski definition) is 1. The summed E-state index contributed by atoms with van der Waals surface area (Å²) in [7, 11) is 0. The molecule has 1 heterocycles. The molecule has 7 nitrogen and oxygen atoms in total. The van der Waals surface area contributed by atoms with Crippen molar-refractivity contribution < 1.29 is 28.4 Å². The number of carboxylic acid groups (broad SMARTS) is 1. The van der Waals surface area contributed by atoms with E-state index in [0.29, 0.717) is 17.0 Å². The van der Waals surface area contributed by atoms with Crippen molar-refractivity contribution in [3.63, 3.8) is 0 Å². The first kappa shape index (κ1) is 13.8. The van der Waals surface area contributed by atoms with E-state index in [-0.39, 0.29) is 0 Å². The highest BCUT2D eigenvalue weighted by molar-refractivity contribution is 5.99. The van der Waals surface area contributed by atoms with Crippen LogP contribution in [-0.2, 0) is 9.59 Å². The molecule has 0 aliphatic carbocycles. The molecule has 1 fully saturated rings. The summed E-state index contributed by atoms with van der Waals surface area (Å²) in [6, 6.07) is 1.31. The summed E-state index contributed by atoms with van der Waals surface area (Å²) in [5, 5.41) is 19.4. The van der Waals surface area contributed by atoms with Gasteiger partial charge in [-0.15, -0.1) is 0 Å². The molecule has 0 saturated carbocycles. The van der Waals surface area contributed by atoms with Crippen molar-refractivity contribution in [2.24, 2.45) is 5.92 Å². The summed E-state index contributed by atoms with van der Waals surface area (Å²) < 4.78 is 27.6. The molecule has 1 amide bonds. The number of carboxylic acids is 1. The van der Waals surface area contributed by atoms with Crippen molar-refractivity contribution in [3.8, 4) is 0 Å². The van der Waals surface area contributed by atoms with Crippen LogP contribution in [-0.4, -0.2) is 28.5 Å². The number of rotatable bonds is 3. The molecular weight excluding hydrogens is 278 g/mol. The van der Waals surface area contributed by atoms with Crippen molar-refractivity contribution in [2.75, 3.05) is 11.4 Å². The Hall–Kier alpha value is -2.58. The van der Waals surface area contributed by atoms with Crippen molar-refractivity contribution in [1.82, 2.24) is 0 Å². The molecule has 0 bridgehead atoms. The molecule has 1 atom stereocenters. The maximum Gasteiger partial charge on any atom is 0.308 e. The van der Waals surface area contributed by atoms with E-state index in [1.807, 2.05) is 0 Å². The smallest absolute Gasteiger partial charge is 0.308 e. The lowest BCUT2D eigenvalue weighted by atomic mass is 10.1. The van der Waals surface area contributed by atoms with Crippen LogP contribution in [0.5, 0.6) is 0 Å². The first-order valence-electron chi connectivity index (χ1n) is 5.48. The van der Waals surface area contributed by atoms with Gasteiger partial charge in [-0.05, 0) is 6.07 Å². The summed E-state index contributed by atoms with van der Waals surface area (Å²) in [6.07, 6.45) is -0.406. The van der Waals surface area contributed by atoms with Gasteiger partial charge in [0, 0.05) is 19.0 Å². The van der Waals surface area contributed by atoms with Gasteiger partial charge in [0.25, 0.3) is 0 Å². The molecule has 0 spiro atoms. The van der Waals surface area contributed by atoms with Gasteiger partial charge in [-0.3, -0.25) is 19.7 Å². The summed E-state index contributed by atoms with van der Waals surface area (Å²) in [5.41, 5.74) is -1.86. The average molecular weight is 286 g/mol. The second-order valence-electron chi connectivity index (χ2n) is 4.23. The van der Waals surface area contributed by atoms with E-state index in [1.54, 1.807) is 0 Å². The first-order valence-corrected chi connectivity index (χ1v) is 5.48. The van der Waals surface area contributed by atoms with Crippen LogP contribution in [0.4, 0.5) is 20.2 Å². The molecule has 2 rings (SSSR count). The number of carbonyl (C=O) groups is 2. The highest BCUT2D eigenvalue weighted by Crippen LogP contribution is 2.34. The van der Waals surface area contributed by atoms with E-state index < -0.39 is 58.7 Å². The van der Waals surface area contributed by atoms with Crippen LogP contribution in [0.1, 0.15) is 6.42 Å². The monoisotopic (exact) mass is 286 g/mol. The van der Waals surface area contributed by atoms with Gasteiger partial charge < -0.3 is 10.0 Å². The van der Waals surface area contributed by atoms with Gasteiger partial charge in [-0.25, -0.2) is 4.39 Å². The standard InChI is InChI=1S/C11H8F2N2O5/c12-6-1-2-7(15(19)20)9(13)10(6)14-4-5(11(17)18)3-8(14)16/h1-2,5H,3-4H2,(H,17,18). The number of halogens is 2. The Balaban J connectivity index is 2.48. The molecule has 1 aromatic rings.